The first kappa shape index (κ1) is 41.8. The molecule has 3 saturated heterocycles. The lowest BCUT2D eigenvalue weighted by atomic mass is 9.80. The van der Waals surface area contributed by atoms with Crippen molar-refractivity contribution in [3.8, 4) is 11.1 Å². The Morgan fingerprint density at radius 1 is 0.617 bits per heavy atom. The first-order valence-corrected chi connectivity index (χ1v) is 22.2. The number of fused-ring (bicyclic) bond motifs is 5. The van der Waals surface area contributed by atoms with E-state index in [1.165, 1.54) is 47.6 Å². The van der Waals surface area contributed by atoms with Crippen LogP contribution in [0.2, 0.25) is 0 Å². The fourth-order valence-electron chi connectivity index (χ4n) is 11.0. The molecule has 0 spiro atoms. The van der Waals surface area contributed by atoms with Crippen LogP contribution in [0.4, 0.5) is 0 Å². The van der Waals surface area contributed by atoms with Gasteiger partial charge in [0.25, 0.3) is 0 Å². The van der Waals surface area contributed by atoms with Gasteiger partial charge < -0.3 is 19.3 Å². The second kappa shape index (κ2) is 17.2. The second-order valence-corrected chi connectivity index (χ2v) is 18.4. The largest absolute Gasteiger partial charge is 0.469 e. The van der Waals surface area contributed by atoms with Crippen LogP contribution in [0.3, 0.4) is 0 Å². The molecule has 2 aromatic carbocycles. The maximum atomic E-state index is 13.9. The predicted octanol–water partition coefficient (Wildman–Crippen LogP) is 8.20. The smallest absolute Gasteiger partial charge is 0.306 e. The number of esters is 2. The van der Waals surface area contributed by atoms with Crippen molar-refractivity contribution >= 4 is 46.3 Å². The Morgan fingerprint density at radius 2 is 1.07 bits per heavy atom. The van der Waals surface area contributed by atoms with Crippen LogP contribution in [-0.2, 0) is 28.7 Å². The molecule has 2 bridgehead atoms. The number of likely N-dealkylation sites (tertiary alicyclic amines) is 2. The Labute approximate surface area is 355 Å². The van der Waals surface area contributed by atoms with Gasteiger partial charge in [-0.1, -0.05) is 64.1 Å². The highest BCUT2D eigenvalue weighted by Crippen LogP contribution is 2.57. The molecule has 11 heteroatoms. The van der Waals surface area contributed by atoms with E-state index in [0.29, 0.717) is 31.6 Å². The van der Waals surface area contributed by atoms with E-state index in [1.807, 2.05) is 49.9 Å². The monoisotopic (exact) mass is 815 g/mol. The van der Waals surface area contributed by atoms with Gasteiger partial charge in [0, 0.05) is 61.8 Å². The second-order valence-electron chi connectivity index (χ2n) is 18.4. The van der Waals surface area contributed by atoms with Crippen LogP contribution in [0.1, 0.15) is 126 Å². The average molecular weight is 816 g/mol. The van der Waals surface area contributed by atoms with Crippen molar-refractivity contribution in [2.24, 2.45) is 33.7 Å². The van der Waals surface area contributed by atoms with Crippen molar-refractivity contribution in [3.63, 3.8) is 0 Å². The number of carbonyl (C=O) groups is 4. The summed E-state index contributed by atoms with van der Waals surface area (Å²) in [6.45, 7) is 9.35. The van der Waals surface area contributed by atoms with Crippen LogP contribution in [-0.4, -0.2) is 96.3 Å². The molecule has 318 valence electrons. The molecule has 0 saturated carbocycles. The number of aliphatic imine (C=N–C) groups is 2. The summed E-state index contributed by atoms with van der Waals surface area (Å²) >= 11 is 0. The van der Waals surface area contributed by atoms with E-state index in [4.69, 9.17) is 19.5 Å². The highest BCUT2D eigenvalue weighted by Gasteiger charge is 2.46. The maximum Gasteiger partial charge on any atom is 0.306 e. The number of hydrogen-bond donors (Lipinski definition) is 0. The molecule has 6 atom stereocenters. The third kappa shape index (κ3) is 7.67. The van der Waals surface area contributed by atoms with Gasteiger partial charge >= 0.3 is 11.9 Å². The van der Waals surface area contributed by atoms with Crippen molar-refractivity contribution in [3.05, 3.63) is 71.1 Å². The van der Waals surface area contributed by atoms with E-state index in [9.17, 15) is 19.2 Å². The number of ether oxygens (including phenoxy) is 2. The minimum atomic E-state index is -0.409. The Hall–Kier alpha value is -4.90. The van der Waals surface area contributed by atoms with Crippen molar-refractivity contribution in [2.75, 3.05) is 34.4 Å². The zero-order chi connectivity index (χ0) is 42.4. The van der Waals surface area contributed by atoms with Gasteiger partial charge in [0.2, 0.25) is 11.8 Å². The van der Waals surface area contributed by atoms with Crippen LogP contribution in [0.25, 0.3) is 22.3 Å². The van der Waals surface area contributed by atoms with Gasteiger partial charge in [0.05, 0.1) is 51.0 Å². The van der Waals surface area contributed by atoms with Gasteiger partial charge in [-0.2, -0.15) is 0 Å². The summed E-state index contributed by atoms with van der Waals surface area (Å²) in [4.78, 5) is 68.4. The van der Waals surface area contributed by atoms with Crippen molar-refractivity contribution in [1.29, 1.82) is 0 Å². The topological polar surface area (TPSA) is 121 Å². The van der Waals surface area contributed by atoms with Gasteiger partial charge in [-0.3, -0.25) is 34.1 Å². The van der Waals surface area contributed by atoms with Crippen LogP contribution in [0.5, 0.6) is 0 Å². The van der Waals surface area contributed by atoms with Crippen LogP contribution < -0.4 is 0 Å². The lowest BCUT2D eigenvalue weighted by Crippen LogP contribution is -2.45. The molecule has 6 aliphatic heterocycles. The number of hydrogen-bond acceptors (Lipinski definition) is 9. The number of amides is 2. The molecule has 8 rings (SSSR count). The molecule has 6 aliphatic rings. The van der Waals surface area contributed by atoms with Crippen molar-refractivity contribution in [1.82, 2.24) is 14.7 Å². The molecule has 60 heavy (non-hydrogen) atoms. The fourth-order valence-corrected chi connectivity index (χ4v) is 11.0. The molecular weight excluding hydrogens is 755 g/mol. The number of carbonyl (C=O) groups excluding carboxylic acids is 4. The Kier molecular flexibility index (Phi) is 12.0. The number of rotatable bonds is 13. The minimum absolute atomic E-state index is 0.0225. The normalized spacial score (nSPS) is 24.4. The lowest BCUT2D eigenvalue weighted by Gasteiger charge is -2.30. The summed E-state index contributed by atoms with van der Waals surface area (Å²) < 4.78 is 9.85. The van der Waals surface area contributed by atoms with Gasteiger partial charge in [0.15, 0.2) is 0 Å². The molecule has 2 amide bonds. The molecule has 0 N–H and O–H groups in total. The molecular formula is C49H61N5O6. The fraction of sp³-hybridized carbons (Fsp3) is 0.551. The number of methoxy groups -OCH3 is 2. The Balaban J connectivity index is 0.968. The molecule has 2 aromatic rings. The Bertz CT molecular complexity index is 2170. The van der Waals surface area contributed by atoms with Crippen molar-refractivity contribution < 1.29 is 28.7 Å². The minimum Gasteiger partial charge on any atom is -0.469 e. The maximum absolute atomic E-state index is 13.9. The summed E-state index contributed by atoms with van der Waals surface area (Å²) in [5.74, 6) is -1.41. The molecule has 3 fully saturated rings. The lowest BCUT2D eigenvalue weighted by molar-refractivity contribution is -0.148. The highest BCUT2D eigenvalue weighted by molar-refractivity contribution is 6.05. The predicted molar refractivity (Wildman–Crippen MR) is 234 cm³/mol. The summed E-state index contributed by atoms with van der Waals surface area (Å²) in [5.41, 5.74) is 12.2. The molecule has 11 nitrogen and oxygen atoms in total. The van der Waals surface area contributed by atoms with Gasteiger partial charge in [-0.05, 0) is 102 Å². The molecule has 6 heterocycles. The van der Waals surface area contributed by atoms with E-state index in [-0.39, 0.29) is 60.5 Å². The SMILES string of the molecule is COC(=O)C[C@H](C(=O)N1CCC[C@H]1C1=NC=C(c2ccc(-c3ccc(C4=CN=C([C@@H]5CCCN5C(=O)[C@H](CC(=O)OC)C(C)C)C4)c4c3C3CCC4N3C)cc2)C1)C(C)C. The standard InChI is InChI=1S/C49H61N5O6/c1-28(2)36(24-44(55)59-6)48(57)53-20-8-10-40(53)38-22-32(26-50-38)30-12-14-31(15-13-30)34-16-17-35(47-43-19-18-42(46(34)47)52(43)5)33-23-39(51-27-33)41-11-9-21-54(41)49(58)37(29(3)4)25-45(56)60-7/h12-17,26-29,36-37,40-43H,8-11,18-25H2,1-7H3/t36-,37+,40-,41-,42?,43?/m0/s1. The van der Waals surface area contributed by atoms with Gasteiger partial charge in [-0.25, -0.2) is 0 Å². The van der Waals surface area contributed by atoms with E-state index in [2.05, 4.69) is 48.3 Å². The number of nitrogens with zero attached hydrogens (tertiary/aromatic N) is 5. The first-order chi connectivity index (χ1) is 28.9. The third-order valence-electron chi connectivity index (χ3n) is 14.4. The summed E-state index contributed by atoms with van der Waals surface area (Å²) in [5, 5.41) is 0. The first-order valence-electron chi connectivity index (χ1n) is 22.2. The molecule has 2 unspecified atom stereocenters. The summed E-state index contributed by atoms with van der Waals surface area (Å²) in [6, 6.07) is 14.1. The summed E-state index contributed by atoms with van der Waals surface area (Å²) in [7, 11) is 5.01. The Morgan fingerprint density at radius 3 is 1.57 bits per heavy atom. The highest BCUT2D eigenvalue weighted by atomic mass is 16.5. The van der Waals surface area contributed by atoms with Crippen LogP contribution in [0, 0.1) is 23.7 Å². The van der Waals surface area contributed by atoms with Gasteiger partial charge in [0.1, 0.15) is 0 Å². The zero-order valence-corrected chi connectivity index (χ0v) is 36.4. The number of allylic oxidation sites excluding steroid dienone is 2. The molecule has 0 aliphatic carbocycles. The van der Waals surface area contributed by atoms with E-state index in [1.54, 1.807) is 0 Å². The zero-order valence-electron chi connectivity index (χ0n) is 36.4. The van der Waals surface area contributed by atoms with Crippen LogP contribution in [0.15, 0.2) is 58.8 Å². The third-order valence-corrected chi connectivity index (χ3v) is 14.4. The summed E-state index contributed by atoms with van der Waals surface area (Å²) in [6.07, 6.45) is 11.5. The van der Waals surface area contributed by atoms with E-state index < -0.39 is 11.8 Å². The van der Waals surface area contributed by atoms with Crippen LogP contribution >= 0.6 is 0 Å². The number of benzene rings is 2. The molecule has 0 aromatic heterocycles. The van der Waals surface area contributed by atoms with Crippen molar-refractivity contribution in [2.45, 2.75) is 116 Å². The molecule has 0 radical (unpaired) electrons. The average Bonchev–Trinajstić information content (AvgIpc) is 4.12. The quantitative estimate of drug-likeness (QED) is 0.187. The van der Waals surface area contributed by atoms with E-state index in [0.717, 1.165) is 67.5 Å². The van der Waals surface area contributed by atoms with E-state index >= 15 is 0 Å². The van der Waals surface area contributed by atoms with Gasteiger partial charge in [-0.15, -0.1) is 0 Å².